The standard InChI is InChI=1S/C17H18F3NO5S/c1-21(11-12-4-5-14(24-2)10-16(12)25-3)27(22,23)15-8-6-13(7-9-15)26-17(18,19)20/h4-10H,11H2,1-3H3. The Hall–Kier alpha value is -2.46. The van der Waals surface area contributed by atoms with Crippen molar-refractivity contribution in [2.24, 2.45) is 0 Å². The Morgan fingerprint density at radius 1 is 0.963 bits per heavy atom. The lowest BCUT2D eigenvalue weighted by Crippen LogP contribution is -2.26. The molecule has 0 amide bonds. The van der Waals surface area contributed by atoms with E-state index < -0.39 is 22.1 Å². The topological polar surface area (TPSA) is 65.1 Å². The van der Waals surface area contributed by atoms with Gasteiger partial charge in [-0.1, -0.05) is 6.07 Å². The number of ether oxygens (including phenoxy) is 3. The van der Waals surface area contributed by atoms with Crippen LogP contribution in [0.4, 0.5) is 13.2 Å². The third-order valence-electron chi connectivity index (χ3n) is 3.65. The molecular weight excluding hydrogens is 387 g/mol. The van der Waals surface area contributed by atoms with Crippen molar-refractivity contribution < 1.29 is 35.8 Å². The van der Waals surface area contributed by atoms with E-state index in [0.29, 0.717) is 17.1 Å². The minimum absolute atomic E-state index is 0.00367. The van der Waals surface area contributed by atoms with Crippen molar-refractivity contribution in [2.45, 2.75) is 17.8 Å². The van der Waals surface area contributed by atoms with Gasteiger partial charge in [-0.2, -0.15) is 4.31 Å². The van der Waals surface area contributed by atoms with Gasteiger partial charge in [0.1, 0.15) is 17.2 Å². The summed E-state index contributed by atoms with van der Waals surface area (Å²) in [5, 5.41) is 0. The molecule has 10 heteroatoms. The van der Waals surface area contributed by atoms with Gasteiger partial charge in [-0.15, -0.1) is 13.2 Å². The number of hydrogen-bond acceptors (Lipinski definition) is 5. The lowest BCUT2D eigenvalue weighted by molar-refractivity contribution is -0.274. The lowest BCUT2D eigenvalue weighted by Gasteiger charge is -2.19. The van der Waals surface area contributed by atoms with E-state index in [-0.39, 0.29) is 11.4 Å². The van der Waals surface area contributed by atoms with Crippen LogP contribution in [0.15, 0.2) is 47.4 Å². The Kier molecular flexibility index (Phi) is 6.22. The Morgan fingerprint density at radius 3 is 2.07 bits per heavy atom. The zero-order valence-electron chi connectivity index (χ0n) is 14.8. The largest absolute Gasteiger partial charge is 0.573 e. The average molecular weight is 405 g/mol. The van der Waals surface area contributed by atoms with E-state index in [9.17, 15) is 21.6 Å². The fourth-order valence-electron chi connectivity index (χ4n) is 2.30. The van der Waals surface area contributed by atoms with Crippen LogP contribution >= 0.6 is 0 Å². The predicted molar refractivity (Wildman–Crippen MR) is 91.3 cm³/mol. The smallest absolute Gasteiger partial charge is 0.497 e. The van der Waals surface area contributed by atoms with E-state index in [2.05, 4.69) is 4.74 Å². The number of rotatable bonds is 7. The zero-order valence-corrected chi connectivity index (χ0v) is 15.6. The highest BCUT2D eigenvalue weighted by Gasteiger charge is 2.31. The van der Waals surface area contributed by atoms with Crippen molar-refractivity contribution in [1.29, 1.82) is 0 Å². The zero-order chi connectivity index (χ0) is 20.2. The lowest BCUT2D eigenvalue weighted by atomic mass is 10.2. The molecule has 0 aliphatic heterocycles. The van der Waals surface area contributed by atoms with Crippen LogP contribution in [-0.4, -0.2) is 40.4 Å². The minimum Gasteiger partial charge on any atom is -0.497 e. The number of benzene rings is 2. The highest BCUT2D eigenvalue weighted by atomic mass is 32.2. The third kappa shape index (κ3) is 5.27. The molecule has 0 radical (unpaired) electrons. The molecule has 148 valence electrons. The maximum atomic E-state index is 12.7. The van der Waals surface area contributed by atoms with Crippen molar-refractivity contribution in [3.05, 3.63) is 48.0 Å². The van der Waals surface area contributed by atoms with Crippen LogP contribution in [0.5, 0.6) is 17.2 Å². The van der Waals surface area contributed by atoms with Crippen LogP contribution in [0.3, 0.4) is 0 Å². The van der Waals surface area contributed by atoms with Crippen LogP contribution in [0.25, 0.3) is 0 Å². The molecule has 0 bridgehead atoms. The van der Waals surface area contributed by atoms with Gasteiger partial charge in [0.25, 0.3) is 0 Å². The first-order valence-corrected chi connectivity index (χ1v) is 9.04. The van der Waals surface area contributed by atoms with E-state index in [0.717, 1.165) is 28.6 Å². The summed E-state index contributed by atoms with van der Waals surface area (Å²) in [6.07, 6.45) is -4.85. The van der Waals surface area contributed by atoms with Crippen LogP contribution < -0.4 is 14.2 Å². The van der Waals surface area contributed by atoms with Gasteiger partial charge in [-0.3, -0.25) is 0 Å². The molecule has 2 aromatic rings. The summed E-state index contributed by atoms with van der Waals surface area (Å²) < 4.78 is 77.1. The fourth-order valence-corrected chi connectivity index (χ4v) is 3.45. The molecule has 0 heterocycles. The van der Waals surface area contributed by atoms with Gasteiger partial charge in [0, 0.05) is 25.2 Å². The maximum absolute atomic E-state index is 12.7. The first kappa shape index (κ1) is 20.8. The SMILES string of the molecule is COc1ccc(CN(C)S(=O)(=O)c2ccc(OC(F)(F)F)cc2)c(OC)c1. The quantitative estimate of drug-likeness (QED) is 0.706. The van der Waals surface area contributed by atoms with Gasteiger partial charge < -0.3 is 14.2 Å². The number of alkyl halides is 3. The molecule has 6 nitrogen and oxygen atoms in total. The van der Waals surface area contributed by atoms with Gasteiger partial charge in [-0.25, -0.2) is 8.42 Å². The van der Waals surface area contributed by atoms with Crippen LogP contribution in [0.2, 0.25) is 0 Å². The number of nitrogens with zero attached hydrogens (tertiary/aromatic N) is 1. The highest BCUT2D eigenvalue weighted by Crippen LogP contribution is 2.28. The number of sulfonamides is 1. The minimum atomic E-state index is -4.85. The second kappa shape index (κ2) is 8.05. The van der Waals surface area contributed by atoms with Crippen LogP contribution in [-0.2, 0) is 16.6 Å². The molecule has 27 heavy (non-hydrogen) atoms. The van der Waals surface area contributed by atoms with Gasteiger partial charge in [0.05, 0.1) is 19.1 Å². The summed E-state index contributed by atoms with van der Waals surface area (Å²) in [6, 6.07) is 8.96. The van der Waals surface area contributed by atoms with Gasteiger partial charge >= 0.3 is 6.36 Å². The first-order valence-electron chi connectivity index (χ1n) is 7.60. The molecule has 0 unspecified atom stereocenters. The Labute approximate surface area is 155 Å². The van der Waals surface area contributed by atoms with Crippen LogP contribution in [0, 0.1) is 0 Å². The molecule has 0 saturated heterocycles. The van der Waals surface area contributed by atoms with E-state index in [1.807, 2.05) is 0 Å². The van der Waals surface area contributed by atoms with Crippen LogP contribution in [0.1, 0.15) is 5.56 Å². The summed E-state index contributed by atoms with van der Waals surface area (Å²) in [5.41, 5.74) is 0.599. The van der Waals surface area contributed by atoms with Crippen molar-refractivity contribution in [3.8, 4) is 17.2 Å². The summed E-state index contributed by atoms with van der Waals surface area (Å²) in [5.74, 6) is 0.507. The van der Waals surface area contributed by atoms with Crippen molar-refractivity contribution in [2.75, 3.05) is 21.3 Å². The molecule has 0 aliphatic carbocycles. The molecule has 2 aromatic carbocycles. The predicted octanol–water partition coefficient (Wildman–Crippen LogP) is 3.42. The Morgan fingerprint density at radius 2 is 1.56 bits per heavy atom. The van der Waals surface area contributed by atoms with E-state index >= 15 is 0 Å². The number of hydrogen-bond donors (Lipinski definition) is 0. The van der Waals surface area contributed by atoms with E-state index in [1.165, 1.54) is 21.3 Å². The molecule has 0 spiro atoms. The molecule has 0 aromatic heterocycles. The second-order valence-corrected chi connectivity index (χ2v) is 7.50. The van der Waals surface area contributed by atoms with E-state index in [4.69, 9.17) is 9.47 Å². The summed E-state index contributed by atoms with van der Waals surface area (Å²) in [6.45, 7) is -0.00367. The number of halogens is 3. The second-order valence-electron chi connectivity index (χ2n) is 5.46. The van der Waals surface area contributed by atoms with Gasteiger partial charge in [0.2, 0.25) is 10.0 Å². The summed E-state index contributed by atoms with van der Waals surface area (Å²) in [4.78, 5) is -0.160. The van der Waals surface area contributed by atoms with Crippen molar-refractivity contribution in [3.63, 3.8) is 0 Å². The molecule has 0 N–H and O–H groups in total. The molecule has 2 rings (SSSR count). The van der Waals surface area contributed by atoms with Gasteiger partial charge in [0.15, 0.2) is 0 Å². The molecule has 0 saturated carbocycles. The van der Waals surface area contributed by atoms with Gasteiger partial charge in [-0.05, 0) is 30.3 Å². The average Bonchev–Trinajstić information content (AvgIpc) is 2.61. The Bertz CT molecular complexity index is 882. The highest BCUT2D eigenvalue weighted by molar-refractivity contribution is 7.89. The monoisotopic (exact) mass is 405 g/mol. The van der Waals surface area contributed by atoms with Crippen molar-refractivity contribution in [1.82, 2.24) is 4.31 Å². The molecule has 0 aliphatic rings. The Balaban J connectivity index is 2.21. The molecule has 0 fully saturated rings. The molecular formula is C17H18F3NO5S. The molecule has 0 atom stereocenters. The summed E-state index contributed by atoms with van der Waals surface area (Å²) >= 11 is 0. The van der Waals surface area contributed by atoms with Crippen molar-refractivity contribution >= 4 is 10.0 Å². The maximum Gasteiger partial charge on any atom is 0.573 e. The normalized spacial score (nSPS) is 12.1. The number of methoxy groups -OCH3 is 2. The third-order valence-corrected chi connectivity index (χ3v) is 5.47. The summed E-state index contributed by atoms with van der Waals surface area (Å²) in [7, 11) is 0.379. The van der Waals surface area contributed by atoms with E-state index in [1.54, 1.807) is 18.2 Å². The first-order chi connectivity index (χ1) is 12.6. The fraction of sp³-hybridized carbons (Fsp3) is 0.294.